The Labute approximate surface area is 79.2 Å². The minimum atomic E-state index is -3.00. The standard InChI is InChI=1S/C7H4BrF5/c1-2-3(9)4(10)5(11)6(12)7(2,8)13/h2H,1H3. The Morgan fingerprint density at radius 3 is 2.08 bits per heavy atom. The van der Waals surface area contributed by atoms with Crippen molar-refractivity contribution in [1.29, 1.82) is 0 Å². The molecule has 0 heterocycles. The van der Waals surface area contributed by atoms with Gasteiger partial charge in [0.15, 0.2) is 17.5 Å². The van der Waals surface area contributed by atoms with E-state index in [1.54, 1.807) is 0 Å². The molecular formula is C7H4BrF5. The molecule has 6 heteroatoms. The fourth-order valence-electron chi connectivity index (χ4n) is 0.887. The van der Waals surface area contributed by atoms with Crippen molar-refractivity contribution in [2.45, 2.75) is 11.5 Å². The summed E-state index contributed by atoms with van der Waals surface area (Å²) in [5.74, 6) is -9.45. The summed E-state index contributed by atoms with van der Waals surface area (Å²) in [5.41, 5.74) is 0. The summed E-state index contributed by atoms with van der Waals surface area (Å²) >= 11 is 2.15. The SMILES string of the molecule is CC1C(F)=C(F)C(F)=C(F)C1(F)Br. The molecule has 1 aliphatic carbocycles. The number of rotatable bonds is 0. The van der Waals surface area contributed by atoms with Crippen LogP contribution in [0, 0.1) is 5.92 Å². The third-order valence-electron chi connectivity index (χ3n) is 1.81. The summed E-state index contributed by atoms with van der Waals surface area (Å²) in [7, 11) is 0. The first kappa shape index (κ1) is 10.7. The Morgan fingerprint density at radius 2 is 1.62 bits per heavy atom. The topological polar surface area (TPSA) is 0 Å². The first-order valence-corrected chi connectivity index (χ1v) is 4.08. The van der Waals surface area contributed by atoms with E-state index in [1.165, 1.54) is 0 Å². The fraction of sp³-hybridized carbons (Fsp3) is 0.429. The van der Waals surface area contributed by atoms with Crippen LogP contribution in [-0.2, 0) is 0 Å². The zero-order chi connectivity index (χ0) is 10.4. The van der Waals surface area contributed by atoms with Crippen molar-refractivity contribution in [2.75, 3.05) is 0 Å². The van der Waals surface area contributed by atoms with Crippen LogP contribution in [0.25, 0.3) is 0 Å². The van der Waals surface area contributed by atoms with Crippen LogP contribution in [0.4, 0.5) is 22.0 Å². The summed E-state index contributed by atoms with van der Waals surface area (Å²) in [5, 5.41) is 0. The molecule has 0 aliphatic heterocycles. The third kappa shape index (κ3) is 1.41. The predicted octanol–water partition coefficient (Wildman–Crippen LogP) is 4.00. The number of halogens is 6. The highest BCUT2D eigenvalue weighted by Crippen LogP contribution is 2.49. The second kappa shape index (κ2) is 3.08. The van der Waals surface area contributed by atoms with Gasteiger partial charge in [-0.2, -0.15) is 0 Å². The molecule has 0 N–H and O–H groups in total. The molecular weight excluding hydrogens is 259 g/mol. The Morgan fingerprint density at radius 1 is 1.15 bits per heavy atom. The Hall–Kier alpha value is -0.390. The van der Waals surface area contributed by atoms with E-state index < -0.39 is 33.8 Å². The second-order valence-electron chi connectivity index (χ2n) is 2.63. The molecule has 0 aromatic rings. The lowest BCUT2D eigenvalue weighted by molar-refractivity contribution is 0.191. The van der Waals surface area contributed by atoms with E-state index >= 15 is 0 Å². The van der Waals surface area contributed by atoms with Gasteiger partial charge in [0.2, 0.25) is 4.58 Å². The summed E-state index contributed by atoms with van der Waals surface area (Å²) in [4.78, 5) is 0. The van der Waals surface area contributed by atoms with Crippen molar-refractivity contribution in [2.24, 2.45) is 5.92 Å². The van der Waals surface area contributed by atoms with Crippen LogP contribution < -0.4 is 0 Å². The summed E-state index contributed by atoms with van der Waals surface area (Å²) in [6.45, 7) is 0.898. The molecule has 2 atom stereocenters. The molecule has 0 fully saturated rings. The van der Waals surface area contributed by atoms with E-state index in [0.717, 1.165) is 6.92 Å². The smallest absolute Gasteiger partial charge is 0.223 e. The zero-order valence-electron chi connectivity index (χ0n) is 6.35. The highest BCUT2D eigenvalue weighted by Gasteiger charge is 2.49. The van der Waals surface area contributed by atoms with E-state index in [2.05, 4.69) is 15.9 Å². The average molecular weight is 263 g/mol. The molecule has 74 valence electrons. The van der Waals surface area contributed by atoms with E-state index in [0.29, 0.717) is 0 Å². The molecule has 0 aromatic heterocycles. The van der Waals surface area contributed by atoms with E-state index in [1.807, 2.05) is 0 Å². The predicted molar refractivity (Wildman–Crippen MR) is 40.4 cm³/mol. The highest BCUT2D eigenvalue weighted by molar-refractivity contribution is 9.10. The molecule has 0 saturated heterocycles. The molecule has 0 saturated carbocycles. The van der Waals surface area contributed by atoms with Gasteiger partial charge in [-0.05, 0) is 15.9 Å². The van der Waals surface area contributed by atoms with Crippen LogP contribution in [0.2, 0.25) is 0 Å². The lowest BCUT2D eigenvalue weighted by Crippen LogP contribution is -2.29. The first-order valence-electron chi connectivity index (χ1n) is 3.29. The van der Waals surface area contributed by atoms with Gasteiger partial charge in [0.1, 0.15) is 5.83 Å². The molecule has 1 aliphatic rings. The van der Waals surface area contributed by atoms with Crippen LogP contribution in [-0.4, -0.2) is 4.58 Å². The van der Waals surface area contributed by atoms with E-state index in [-0.39, 0.29) is 0 Å². The van der Waals surface area contributed by atoms with Crippen molar-refractivity contribution < 1.29 is 22.0 Å². The van der Waals surface area contributed by atoms with E-state index in [4.69, 9.17) is 0 Å². The normalized spacial score (nSPS) is 35.8. The van der Waals surface area contributed by atoms with Crippen LogP contribution in [0.15, 0.2) is 23.3 Å². The van der Waals surface area contributed by atoms with Crippen molar-refractivity contribution in [1.82, 2.24) is 0 Å². The number of allylic oxidation sites excluding steroid dienone is 4. The lowest BCUT2D eigenvalue weighted by Gasteiger charge is -2.26. The first-order chi connectivity index (χ1) is 5.80. The van der Waals surface area contributed by atoms with Gasteiger partial charge in [-0.25, -0.2) is 22.0 Å². The van der Waals surface area contributed by atoms with Crippen molar-refractivity contribution >= 4 is 15.9 Å². The van der Waals surface area contributed by atoms with Crippen molar-refractivity contribution in [3.8, 4) is 0 Å². The minimum Gasteiger partial charge on any atom is -0.223 e. The molecule has 0 amide bonds. The van der Waals surface area contributed by atoms with Gasteiger partial charge >= 0.3 is 0 Å². The maximum Gasteiger partial charge on any atom is 0.227 e. The third-order valence-corrected chi connectivity index (χ3v) is 2.85. The van der Waals surface area contributed by atoms with Crippen LogP contribution in [0.1, 0.15) is 6.92 Å². The monoisotopic (exact) mass is 262 g/mol. The van der Waals surface area contributed by atoms with Crippen molar-refractivity contribution in [3.05, 3.63) is 23.3 Å². The highest BCUT2D eigenvalue weighted by atomic mass is 79.9. The molecule has 0 radical (unpaired) electrons. The second-order valence-corrected chi connectivity index (χ2v) is 3.79. The maximum atomic E-state index is 13.1. The molecule has 0 spiro atoms. The fourth-order valence-corrected chi connectivity index (χ4v) is 1.26. The van der Waals surface area contributed by atoms with Crippen LogP contribution >= 0.6 is 15.9 Å². The zero-order valence-corrected chi connectivity index (χ0v) is 7.93. The van der Waals surface area contributed by atoms with Crippen molar-refractivity contribution in [3.63, 3.8) is 0 Å². The number of alkyl halides is 2. The Bertz CT molecular complexity index is 304. The summed E-state index contributed by atoms with van der Waals surface area (Å²) in [6, 6.07) is 0. The average Bonchev–Trinajstić information content (AvgIpc) is 2.09. The van der Waals surface area contributed by atoms with Crippen LogP contribution in [0.3, 0.4) is 0 Å². The lowest BCUT2D eigenvalue weighted by atomic mass is 9.97. The van der Waals surface area contributed by atoms with E-state index in [9.17, 15) is 22.0 Å². The van der Waals surface area contributed by atoms with Gasteiger partial charge in [0.05, 0.1) is 5.92 Å². The quantitative estimate of drug-likeness (QED) is 0.457. The largest absolute Gasteiger partial charge is 0.227 e. The van der Waals surface area contributed by atoms with Gasteiger partial charge in [-0.3, -0.25) is 0 Å². The maximum absolute atomic E-state index is 13.1. The molecule has 13 heavy (non-hydrogen) atoms. The van der Waals surface area contributed by atoms with Gasteiger partial charge in [-0.1, -0.05) is 6.92 Å². The number of hydrogen-bond acceptors (Lipinski definition) is 0. The summed E-state index contributed by atoms with van der Waals surface area (Å²) in [6.07, 6.45) is 0. The van der Waals surface area contributed by atoms with Crippen LogP contribution in [0.5, 0.6) is 0 Å². The van der Waals surface area contributed by atoms with Gasteiger partial charge in [-0.15, -0.1) is 0 Å². The van der Waals surface area contributed by atoms with Gasteiger partial charge < -0.3 is 0 Å². The minimum absolute atomic E-state index is 0.898. The number of hydrogen-bond donors (Lipinski definition) is 0. The molecule has 1 rings (SSSR count). The van der Waals surface area contributed by atoms with Gasteiger partial charge in [0.25, 0.3) is 0 Å². The molecule has 2 unspecified atom stereocenters. The van der Waals surface area contributed by atoms with Gasteiger partial charge in [0, 0.05) is 0 Å². The Kier molecular flexibility index (Phi) is 2.53. The molecule has 0 nitrogen and oxygen atoms in total. The Balaban J connectivity index is 3.32. The molecule has 0 bridgehead atoms. The summed E-state index contributed by atoms with van der Waals surface area (Å²) < 4.78 is 60.4. The molecule has 0 aromatic carbocycles.